The number of aldehydes is 3. The second kappa shape index (κ2) is 27.8. The number of anilines is 2. The van der Waals surface area contributed by atoms with Crippen LogP contribution in [0.4, 0.5) is 11.8 Å². The van der Waals surface area contributed by atoms with E-state index in [9.17, 15) is 14.4 Å². The molecule has 54 heavy (non-hydrogen) atoms. The summed E-state index contributed by atoms with van der Waals surface area (Å²) in [6, 6.07) is 5.16. The number of oxazole rings is 1. The van der Waals surface area contributed by atoms with E-state index in [4.69, 9.17) is 26.5 Å². The van der Waals surface area contributed by atoms with Crippen molar-refractivity contribution in [1.82, 2.24) is 29.7 Å². The van der Waals surface area contributed by atoms with Gasteiger partial charge in [-0.25, -0.2) is 15.0 Å². The average molecular weight is 777 g/mol. The first-order chi connectivity index (χ1) is 25.7. The van der Waals surface area contributed by atoms with Gasteiger partial charge in [0.15, 0.2) is 24.2 Å². The minimum absolute atomic E-state index is 0. The number of nitrogens with zero attached hydrogens (tertiary/aromatic N) is 5. The van der Waals surface area contributed by atoms with Crippen molar-refractivity contribution in [2.75, 3.05) is 92.0 Å². The van der Waals surface area contributed by atoms with Crippen LogP contribution in [-0.4, -0.2) is 125 Å². The Balaban J connectivity index is 0.000000718. The number of carbonyl (C=O) groups is 3. The topological polar surface area (TPSA) is 175 Å². The molecule has 0 atom stereocenters. The molecule has 0 spiro atoms. The van der Waals surface area contributed by atoms with E-state index in [0.29, 0.717) is 76.7 Å². The van der Waals surface area contributed by atoms with Crippen LogP contribution in [0.25, 0.3) is 11.0 Å². The van der Waals surface area contributed by atoms with Crippen LogP contribution in [-0.2, 0) is 35.1 Å². The largest absolute Gasteiger partial charge is 1.00 e. The fourth-order valence-electron chi connectivity index (χ4n) is 5.00. The second-order valence-corrected chi connectivity index (χ2v) is 11.9. The molecule has 0 amide bonds. The van der Waals surface area contributed by atoms with Crippen molar-refractivity contribution >= 4 is 54.3 Å². The van der Waals surface area contributed by atoms with Crippen LogP contribution in [0.1, 0.15) is 56.2 Å². The molecule has 1 aliphatic rings. The van der Waals surface area contributed by atoms with Gasteiger partial charge in [0, 0.05) is 78.2 Å². The smallest absolute Gasteiger partial charge is 0.776 e. The number of fused-ring (bicyclic) bond motifs is 1. The number of pyridine rings is 1. The normalized spacial score (nSPS) is 12.2. The van der Waals surface area contributed by atoms with Crippen molar-refractivity contribution < 1.29 is 62.6 Å². The first-order valence-corrected chi connectivity index (χ1v) is 17.7. The van der Waals surface area contributed by atoms with E-state index in [1.165, 1.54) is 6.20 Å². The summed E-state index contributed by atoms with van der Waals surface area (Å²) in [7, 11) is 8.81. The molecule has 3 N–H and O–H groups in total. The van der Waals surface area contributed by atoms with E-state index in [0.717, 1.165) is 69.5 Å². The molecule has 0 saturated carbocycles. The zero-order valence-corrected chi connectivity index (χ0v) is 35.6. The molecule has 1 aromatic carbocycles. The fourth-order valence-corrected chi connectivity index (χ4v) is 5.26. The SMILES string of the molecule is CCc1nc(C)oc1C=O.CNC.CNc1nc2cc(C=O)cc(OCCCN3CCOCC3)c2n1C/C=C/CNc1ncc(C=O)cc1[S-].COC.[Na+]. The van der Waals surface area contributed by atoms with E-state index < -0.39 is 0 Å². The number of nitrogens with one attached hydrogen (secondary N) is 3. The van der Waals surface area contributed by atoms with Gasteiger partial charge in [0.05, 0.1) is 31.0 Å². The number of methoxy groups -OCH3 is 1. The Morgan fingerprint density at radius 1 is 0.981 bits per heavy atom. The van der Waals surface area contributed by atoms with Gasteiger partial charge in [0.2, 0.25) is 5.95 Å². The molecule has 3 aromatic heterocycles. The molecule has 1 fully saturated rings. The Morgan fingerprint density at radius 2 is 1.67 bits per heavy atom. The maximum atomic E-state index is 11.5. The minimum atomic E-state index is 0. The number of hydrogen-bond acceptors (Lipinski definition) is 15. The standard InChI is InChI=1S/C26H32N6O4S.C7H9NO2.C2H7N.C2H6O.Na/c1-27-26-30-21-13-19(17-33)14-22(36-10-4-6-31-8-11-35-12-9-31)24(21)32(26)7-3-2-5-28-25-23(37)15-20(18-34)16-29-25;1-3-6-7(4-9)10-5(2)8-6;2*1-3-2;/h2-3,13-18,37H,4-12H2,1H3,(H,27,30)(H,28,29);4H,3H2,1-2H3;3H,1-2H3;1-2H3;/q;;;;+1/p-1/b3-2+;;;;. The van der Waals surface area contributed by atoms with Gasteiger partial charge in [0.25, 0.3) is 0 Å². The number of hydrogen-bond donors (Lipinski definition) is 3. The Bertz CT molecular complexity index is 1730. The summed E-state index contributed by atoms with van der Waals surface area (Å²) >= 11 is 5.27. The predicted molar refractivity (Wildman–Crippen MR) is 209 cm³/mol. The molecule has 0 radical (unpaired) electrons. The van der Waals surface area contributed by atoms with Crippen LogP contribution in [0.3, 0.4) is 0 Å². The van der Waals surface area contributed by atoms with Gasteiger partial charge in [-0.3, -0.25) is 19.3 Å². The minimum Gasteiger partial charge on any atom is -0.776 e. The van der Waals surface area contributed by atoms with Gasteiger partial charge in [0.1, 0.15) is 23.4 Å². The number of imidazole rings is 1. The molecular formula is C37H53N8NaO7S. The van der Waals surface area contributed by atoms with Gasteiger partial charge in [-0.15, -0.1) is 4.90 Å². The predicted octanol–water partition coefficient (Wildman–Crippen LogP) is 1.23. The summed E-state index contributed by atoms with van der Waals surface area (Å²) in [5.41, 5.74) is 3.24. The molecule has 1 aliphatic heterocycles. The van der Waals surface area contributed by atoms with Gasteiger partial charge >= 0.3 is 29.6 Å². The van der Waals surface area contributed by atoms with Crippen molar-refractivity contribution in [3.05, 3.63) is 65.0 Å². The average Bonchev–Trinajstić information content (AvgIpc) is 3.73. The molecule has 17 heteroatoms. The van der Waals surface area contributed by atoms with Gasteiger partial charge in [-0.1, -0.05) is 25.1 Å². The monoisotopic (exact) mass is 776 g/mol. The van der Waals surface area contributed by atoms with Crippen LogP contribution >= 0.6 is 0 Å². The molecular weight excluding hydrogens is 724 g/mol. The van der Waals surface area contributed by atoms with Crippen molar-refractivity contribution in [2.45, 2.75) is 38.1 Å². The number of benzene rings is 1. The van der Waals surface area contributed by atoms with Gasteiger partial charge < -0.3 is 51.8 Å². The maximum absolute atomic E-state index is 11.5. The number of morpholine rings is 1. The van der Waals surface area contributed by atoms with Gasteiger partial charge in [-0.2, -0.15) is 0 Å². The van der Waals surface area contributed by atoms with E-state index in [2.05, 4.69) is 40.5 Å². The number of aromatic nitrogens is 4. The molecule has 290 valence electrons. The fraction of sp³-hybridized carbons (Fsp3) is 0.459. The van der Waals surface area contributed by atoms with E-state index in [-0.39, 0.29) is 29.6 Å². The summed E-state index contributed by atoms with van der Waals surface area (Å²) in [5.74, 6) is 2.78. The summed E-state index contributed by atoms with van der Waals surface area (Å²) in [6.07, 6.45) is 9.31. The van der Waals surface area contributed by atoms with Gasteiger partial charge in [-0.05, 0) is 39.1 Å². The van der Waals surface area contributed by atoms with Crippen LogP contribution in [0.15, 0.2) is 45.9 Å². The van der Waals surface area contributed by atoms with Crippen molar-refractivity contribution in [1.29, 1.82) is 0 Å². The zero-order chi connectivity index (χ0) is 39.0. The van der Waals surface area contributed by atoms with E-state index >= 15 is 0 Å². The first-order valence-electron chi connectivity index (χ1n) is 17.2. The molecule has 0 bridgehead atoms. The number of allylic oxidation sites excluding steroid dienone is 1. The van der Waals surface area contributed by atoms with Crippen LogP contribution in [0.5, 0.6) is 5.75 Å². The van der Waals surface area contributed by atoms with E-state index in [1.54, 1.807) is 39.3 Å². The van der Waals surface area contributed by atoms with Crippen LogP contribution in [0, 0.1) is 6.92 Å². The van der Waals surface area contributed by atoms with Crippen LogP contribution in [0.2, 0.25) is 0 Å². The summed E-state index contributed by atoms with van der Waals surface area (Å²) in [5, 5.41) is 9.05. The molecule has 1 saturated heterocycles. The molecule has 0 unspecified atom stereocenters. The van der Waals surface area contributed by atoms with Crippen molar-refractivity contribution in [3.63, 3.8) is 0 Å². The third kappa shape index (κ3) is 15.9. The first kappa shape index (κ1) is 48.3. The summed E-state index contributed by atoms with van der Waals surface area (Å²) in [6.45, 7) is 9.62. The molecule has 15 nitrogen and oxygen atoms in total. The number of rotatable bonds is 15. The van der Waals surface area contributed by atoms with Crippen molar-refractivity contribution in [2.24, 2.45) is 0 Å². The molecule has 4 heterocycles. The third-order valence-electron chi connectivity index (χ3n) is 7.30. The summed E-state index contributed by atoms with van der Waals surface area (Å²) < 4.78 is 22.8. The summed E-state index contributed by atoms with van der Waals surface area (Å²) in [4.78, 5) is 48.4. The molecule has 5 rings (SSSR count). The van der Waals surface area contributed by atoms with Crippen molar-refractivity contribution in [3.8, 4) is 5.75 Å². The Hall–Kier alpha value is -3.74. The quantitative estimate of drug-likeness (QED) is 0.0517. The number of carbonyl (C=O) groups excluding carboxylic acids is 3. The van der Waals surface area contributed by atoms with E-state index in [1.807, 2.05) is 44.8 Å². The molecule has 0 aliphatic carbocycles. The Labute approximate surface area is 345 Å². The maximum Gasteiger partial charge on any atom is 1.00 e. The zero-order valence-electron chi connectivity index (χ0n) is 32.8. The number of ether oxygens (including phenoxy) is 3. The number of aryl methyl sites for hydroxylation is 2. The molecule has 4 aromatic rings. The Kier molecular flexibility index (Phi) is 24.8. The van der Waals surface area contributed by atoms with Crippen LogP contribution < -0.4 is 50.2 Å². The third-order valence-corrected chi connectivity index (χ3v) is 7.61. The Morgan fingerprint density at radius 3 is 2.24 bits per heavy atom. The second-order valence-electron chi connectivity index (χ2n) is 11.5.